The van der Waals surface area contributed by atoms with Gasteiger partial charge in [-0.15, -0.1) is 0 Å². The highest BCUT2D eigenvalue weighted by molar-refractivity contribution is 6.04. The number of ether oxygens (including phenoxy) is 2. The monoisotopic (exact) mass is 426 g/mol. The van der Waals surface area contributed by atoms with Crippen LogP contribution in [0.2, 0.25) is 0 Å². The molecule has 11 nitrogen and oxygen atoms in total. The number of fused-ring (bicyclic) bond motifs is 2. The third-order valence-electron chi connectivity index (χ3n) is 4.56. The summed E-state index contributed by atoms with van der Waals surface area (Å²) in [6.07, 6.45) is 0. The maximum absolute atomic E-state index is 12.5. The van der Waals surface area contributed by atoms with E-state index in [0.717, 1.165) is 0 Å². The van der Waals surface area contributed by atoms with Crippen LogP contribution in [0.4, 0.5) is 5.69 Å². The zero-order valence-corrected chi connectivity index (χ0v) is 16.7. The molecule has 11 heteroatoms. The van der Waals surface area contributed by atoms with Crippen molar-refractivity contribution in [3.8, 4) is 5.75 Å². The normalized spacial score (nSPS) is 12.6. The van der Waals surface area contributed by atoms with E-state index in [1.807, 2.05) is 0 Å². The Bertz CT molecular complexity index is 1270. The molecular formula is C20H18N4O7. The number of nitrogens with one attached hydrogen (secondary N) is 3. The fraction of sp³-hybridized carbons (Fsp3) is 0.250. The second-order valence-corrected chi connectivity index (χ2v) is 6.70. The summed E-state index contributed by atoms with van der Waals surface area (Å²) in [6, 6.07) is 5.09. The van der Waals surface area contributed by atoms with E-state index in [-0.39, 0.29) is 53.9 Å². The molecule has 31 heavy (non-hydrogen) atoms. The highest BCUT2D eigenvalue weighted by Crippen LogP contribution is 2.28. The lowest BCUT2D eigenvalue weighted by Gasteiger charge is -2.18. The van der Waals surface area contributed by atoms with Crippen LogP contribution < -0.4 is 20.9 Å². The Labute approximate surface area is 174 Å². The largest absolute Gasteiger partial charge is 0.482 e. The fourth-order valence-corrected chi connectivity index (χ4v) is 3.18. The van der Waals surface area contributed by atoms with E-state index in [0.29, 0.717) is 17.0 Å². The summed E-state index contributed by atoms with van der Waals surface area (Å²) in [5.41, 5.74) is 0.357. The topological polar surface area (TPSA) is 153 Å². The maximum Gasteiger partial charge on any atom is 0.342 e. The van der Waals surface area contributed by atoms with Gasteiger partial charge in [0.15, 0.2) is 6.61 Å². The third kappa shape index (κ3) is 3.84. The Morgan fingerprint density at radius 2 is 2.10 bits per heavy atom. The Kier molecular flexibility index (Phi) is 5.15. The summed E-state index contributed by atoms with van der Waals surface area (Å²) in [5, 5.41) is 5.25. The first-order valence-electron chi connectivity index (χ1n) is 9.41. The van der Waals surface area contributed by atoms with Crippen molar-refractivity contribution in [3.05, 3.63) is 51.3 Å². The first-order chi connectivity index (χ1) is 14.9. The van der Waals surface area contributed by atoms with Crippen molar-refractivity contribution in [2.75, 3.05) is 18.5 Å². The van der Waals surface area contributed by atoms with Crippen LogP contribution >= 0.6 is 0 Å². The number of aromatic amines is 1. The second kappa shape index (κ2) is 7.94. The van der Waals surface area contributed by atoms with Crippen molar-refractivity contribution in [2.24, 2.45) is 0 Å². The van der Waals surface area contributed by atoms with Crippen LogP contribution in [-0.4, -0.2) is 41.0 Å². The minimum absolute atomic E-state index is 0.0177. The number of aryl methyl sites for hydroxylation is 1. The van der Waals surface area contributed by atoms with Crippen LogP contribution in [0.15, 0.2) is 27.4 Å². The van der Waals surface area contributed by atoms with Gasteiger partial charge in [0.1, 0.15) is 22.5 Å². The molecule has 0 radical (unpaired) electrons. The quantitative estimate of drug-likeness (QED) is 0.516. The molecule has 1 aromatic carbocycles. The van der Waals surface area contributed by atoms with E-state index < -0.39 is 17.4 Å². The van der Waals surface area contributed by atoms with Gasteiger partial charge in [-0.05, 0) is 31.5 Å². The lowest BCUT2D eigenvalue weighted by molar-refractivity contribution is -0.118. The SMILES string of the molecule is CCOC(=O)c1c(C)oc2nc(C(=O)NCc3ccc4c(c3)NC(=O)CO4)[nH]c(=O)c12. The molecule has 1 aliphatic rings. The average molecular weight is 426 g/mol. The molecule has 0 spiro atoms. The minimum Gasteiger partial charge on any atom is -0.482 e. The predicted octanol–water partition coefficient (Wildman–Crippen LogP) is 1.26. The van der Waals surface area contributed by atoms with Gasteiger partial charge in [0, 0.05) is 6.54 Å². The standard InChI is InChI=1S/C20H18N4O7/c1-3-29-20(28)14-9(2)31-19-15(14)17(26)23-16(24-19)18(27)21-7-10-4-5-12-11(6-10)22-13(25)8-30-12/h4-6H,3,7-8H2,1-2H3,(H,21,27)(H,22,25)(H,23,24,26). The smallest absolute Gasteiger partial charge is 0.342 e. The number of hydrogen-bond donors (Lipinski definition) is 3. The molecule has 0 aliphatic carbocycles. The Hall–Kier alpha value is -4.15. The van der Waals surface area contributed by atoms with E-state index in [1.165, 1.54) is 6.92 Å². The van der Waals surface area contributed by atoms with Crippen molar-refractivity contribution < 1.29 is 28.3 Å². The fourth-order valence-electron chi connectivity index (χ4n) is 3.18. The molecule has 3 heterocycles. The average Bonchev–Trinajstić information content (AvgIpc) is 3.08. The van der Waals surface area contributed by atoms with Gasteiger partial charge in [0.2, 0.25) is 11.5 Å². The second-order valence-electron chi connectivity index (χ2n) is 6.70. The molecule has 2 amide bonds. The Morgan fingerprint density at radius 1 is 1.29 bits per heavy atom. The molecular weight excluding hydrogens is 408 g/mol. The van der Waals surface area contributed by atoms with Crippen molar-refractivity contribution in [1.82, 2.24) is 15.3 Å². The van der Waals surface area contributed by atoms with Crippen molar-refractivity contribution in [2.45, 2.75) is 20.4 Å². The zero-order chi connectivity index (χ0) is 22.1. The summed E-state index contributed by atoms with van der Waals surface area (Å²) < 4.78 is 15.6. The number of nitrogens with zero attached hydrogens (tertiary/aromatic N) is 1. The number of benzene rings is 1. The molecule has 1 aliphatic heterocycles. The van der Waals surface area contributed by atoms with Crippen LogP contribution in [0.5, 0.6) is 5.75 Å². The molecule has 0 fully saturated rings. The van der Waals surface area contributed by atoms with Gasteiger partial charge in [-0.3, -0.25) is 14.4 Å². The van der Waals surface area contributed by atoms with Gasteiger partial charge in [0.25, 0.3) is 17.4 Å². The molecule has 4 rings (SSSR count). The van der Waals surface area contributed by atoms with Crippen LogP contribution in [-0.2, 0) is 16.1 Å². The minimum atomic E-state index is -0.702. The molecule has 3 aromatic rings. The lowest BCUT2D eigenvalue weighted by atomic mass is 10.1. The number of hydrogen-bond acceptors (Lipinski definition) is 8. The predicted molar refractivity (Wildman–Crippen MR) is 107 cm³/mol. The highest BCUT2D eigenvalue weighted by Gasteiger charge is 2.25. The van der Waals surface area contributed by atoms with Crippen molar-refractivity contribution >= 4 is 34.6 Å². The number of H-pyrrole nitrogens is 1. The Morgan fingerprint density at radius 3 is 2.87 bits per heavy atom. The molecule has 160 valence electrons. The number of esters is 1. The van der Waals surface area contributed by atoms with Crippen LogP contribution in [0.25, 0.3) is 11.1 Å². The summed E-state index contributed by atoms with van der Waals surface area (Å²) >= 11 is 0. The van der Waals surface area contributed by atoms with Crippen LogP contribution in [0.3, 0.4) is 0 Å². The van der Waals surface area contributed by atoms with E-state index in [4.69, 9.17) is 13.9 Å². The number of furan rings is 1. The van der Waals surface area contributed by atoms with E-state index in [2.05, 4.69) is 20.6 Å². The van der Waals surface area contributed by atoms with Gasteiger partial charge in [0.05, 0.1) is 12.3 Å². The first-order valence-corrected chi connectivity index (χ1v) is 9.41. The summed E-state index contributed by atoms with van der Waals surface area (Å²) in [4.78, 5) is 55.0. The van der Waals surface area contributed by atoms with Gasteiger partial charge >= 0.3 is 5.97 Å². The van der Waals surface area contributed by atoms with Gasteiger partial charge in [-0.25, -0.2) is 4.79 Å². The number of rotatable bonds is 5. The number of aromatic nitrogens is 2. The van der Waals surface area contributed by atoms with Gasteiger partial charge < -0.3 is 29.5 Å². The van der Waals surface area contributed by atoms with E-state index in [1.54, 1.807) is 25.1 Å². The first kappa shape index (κ1) is 20.1. The molecule has 0 saturated carbocycles. The summed E-state index contributed by atoms with van der Waals surface area (Å²) in [5.74, 6) is -1.18. The summed E-state index contributed by atoms with van der Waals surface area (Å²) in [6.45, 7) is 3.34. The number of amides is 2. The lowest BCUT2D eigenvalue weighted by Crippen LogP contribution is -2.28. The zero-order valence-electron chi connectivity index (χ0n) is 16.7. The van der Waals surface area contributed by atoms with Gasteiger partial charge in [-0.1, -0.05) is 6.07 Å². The molecule has 0 saturated heterocycles. The summed E-state index contributed by atoms with van der Waals surface area (Å²) in [7, 11) is 0. The Balaban J connectivity index is 1.55. The molecule has 0 bridgehead atoms. The van der Waals surface area contributed by atoms with E-state index >= 15 is 0 Å². The third-order valence-corrected chi connectivity index (χ3v) is 4.56. The van der Waals surface area contributed by atoms with E-state index in [9.17, 15) is 19.2 Å². The molecule has 3 N–H and O–H groups in total. The number of anilines is 1. The maximum atomic E-state index is 12.5. The molecule has 0 atom stereocenters. The van der Waals surface area contributed by atoms with Crippen LogP contribution in [0, 0.1) is 6.92 Å². The van der Waals surface area contributed by atoms with Crippen molar-refractivity contribution in [1.29, 1.82) is 0 Å². The highest BCUT2D eigenvalue weighted by atomic mass is 16.5. The number of carbonyl (C=O) groups is 3. The van der Waals surface area contributed by atoms with Crippen molar-refractivity contribution in [3.63, 3.8) is 0 Å². The molecule has 2 aromatic heterocycles. The molecule has 0 unspecified atom stereocenters. The number of carbonyl (C=O) groups excluding carboxylic acids is 3. The van der Waals surface area contributed by atoms with Crippen LogP contribution in [0.1, 0.15) is 39.2 Å². The van der Waals surface area contributed by atoms with Gasteiger partial charge in [-0.2, -0.15) is 4.98 Å².